The molecule has 3 heterocycles. The molecule has 13 heteroatoms. The number of alkyl halides is 3. The van der Waals surface area contributed by atoms with E-state index in [0.717, 1.165) is 17.8 Å². The number of rotatable bonds is 2. The number of amides is 1. The van der Waals surface area contributed by atoms with Crippen molar-refractivity contribution in [2.75, 3.05) is 31.1 Å². The fraction of sp³-hybridized carbons (Fsp3) is 0.591. The van der Waals surface area contributed by atoms with Crippen molar-refractivity contribution in [2.45, 2.75) is 51.8 Å². The summed E-state index contributed by atoms with van der Waals surface area (Å²) in [6, 6.07) is 1.07. The molecule has 2 fully saturated rings. The van der Waals surface area contributed by atoms with Crippen LogP contribution in [0.2, 0.25) is 0 Å². The molecule has 2 aromatic rings. The summed E-state index contributed by atoms with van der Waals surface area (Å²) in [4.78, 5) is 43.1. The van der Waals surface area contributed by atoms with Crippen LogP contribution in [-0.4, -0.2) is 52.7 Å². The number of nitro benzene ring substituents is 1. The van der Waals surface area contributed by atoms with Gasteiger partial charge in [-0.3, -0.25) is 14.9 Å². The molecule has 0 radical (unpaired) electrons. The predicted octanol–water partition coefficient (Wildman–Crippen LogP) is 4.81. The number of ether oxygens (including phenoxy) is 1. The smallest absolute Gasteiger partial charge is 0.416 e. The second-order valence-corrected chi connectivity index (χ2v) is 11.0. The first-order valence-corrected chi connectivity index (χ1v) is 11.9. The fourth-order valence-electron chi connectivity index (χ4n) is 4.57. The molecule has 35 heavy (non-hydrogen) atoms. The van der Waals surface area contributed by atoms with Gasteiger partial charge in [-0.05, 0) is 51.5 Å². The highest BCUT2D eigenvalue weighted by molar-refractivity contribution is 7.22. The standard InChI is InChI=1S/C22H25F3N4O5S/c1-20(2,3)34-19(31)28-9-6-21(12-28)4-7-27(8-5-21)18-26-17(30)14-10-13(22(23,24)25)11-15(29(32)33)16(14)35-18/h10-11H,4-9,12H2,1-3H3. The topological polar surface area (TPSA) is 106 Å². The number of anilines is 1. The Labute approximate surface area is 202 Å². The summed E-state index contributed by atoms with van der Waals surface area (Å²) in [5, 5.41) is 11.3. The van der Waals surface area contributed by atoms with Gasteiger partial charge in [0, 0.05) is 32.2 Å². The lowest BCUT2D eigenvalue weighted by atomic mass is 9.78. The SMILES string of the molecule is CC(C)(C)OC(=O)N1CCC2(CCN(c3nc(=O)c4cc(C(F)(F)F)cc([N+](=O)[O-])c4s3)CC2)C1. The summed E-state index contributed by atoms with van der Waals surface area (Å²) in [7, 11) is 0. The van der Waals surface area contributed by atoms with Crippen LogP contribution in [0.25, 0.3) is 10.1 Å². The number of hydrogen-bond donors (Lipinski definition) is 0. The first kappa shape index (κ1) is 25.1. The van der Waals surface area contributed by atoms with Crippen LogP contribution >= 0.6 is 11.3 Å². The number of carbonyl (C=O) groups is 1. The lowest BCUT2D eigenvalue weighted by molar-refractivity contribution is -0.383. The van der Waals surface area contributed by atoms with Crippen molar-refractivity contribution in [1.29, 1.82) is 0 Å². The third-order valence-corrected chi connectivity index (χ3v) is 7.56. The molecule has 1 aromatic heterocycles. The molecule has 4 rings (SSSR count). The largest absolute Gasteiger partial charge is 0.444 e. The van der Waals surface area contributed by atoms with Crippen molar-refractivity contribution in [3.05, 3.63) is 38.2 Å². The number of halogens is 3. The summed E-state index contributed by atoms with van der Waals surface area (Å²) in [6.07, 6.45) is -2.95. The molecule has 0 aliphatic carbocycles. The number of carbonyl (C=O) groups excluding carboxylic acids is 1. The molecule has 0 N–H and O–H groups in total. The maximum absolute atomic E-state index is 13.2. The van der Waals surface area contributed by atoms with Crippen LogP contribution in [0.4, 0.5) is 28.8 Å². The van der Waals surface area contributed by atoms with Gasteiger partial charge in [-0.1, -0.05) is 11.3 Å². The monoisotopic (exact) mass is 514 g/mol. The van der Waals surface area contributed by atoms with Gasteiger partial charge in [0.2, 0.25) is 0 Å². The Morgan fingerprint density at radius 2 is 1.80 bits per heavy atom. The van der Waals surface area contributed by atoms with Crippen molar-refractivity contribution >= 4 is 38.3 Å². The van der Waals surface area contributed by atoms with E-state index in [2.05, 4.69) is 4.98 Å². The molecule has 9 nitrogen and oxygen atoms in total. The number of hydrogen-bond acceptors (Lipinski definition) is 8. The van der Waals surface area contributed by atoms with E-state index >= 15 is 0 Å². The predicted molar refractivity (Wildman–Crippen MR) is 124 cm³/mol. The molecule has 1 spiro atoms. The van der Waals surface area contributed by atoms with Crippen molar-refractivity contribution in [2.24, 2.45) is 5.41 Å². The van der Waals surface area contributed by atoms with Crippen LogP contribution in [0.5, 0.6) is 0 Å². The maximum Gasteiger partial charge on any atom is 0.416 e. The summed E-state index contributed by atoms with van der Waals surface area (Å²) in [5.74, 6) is 0. The molecule has 190 valence electrons. The Morgan fingerprint density at radius 1 is 1.17 bits per heavy atom. The molecule has 0 saturated carbocycles. The number of non-ortho nitro benzene ring substituents is 1. The lowest BCUT2D eigenvalue weighted by Crippen LogP contribution is -2.43. The molecule has 1 amide bonds. The van der Waals surface area contributed by atoms with Gasteiger partial charge in [0.15, 0.2) is 5.13 Å². The Hall–Kier alpha value is -2.96. The molecule has 1 aromatic carbocycles. The Bertz CT molecular complexity index is 1230. The zero-order valence-electron chi connectivity index (χ0n) is 19.5. The average molecular weight is 515 g/mol. The second-order valence-electron chi connectivity index (χ2n) is 10.1. The summed E-state index contributed by atoms with van der Waals surface area (Å²) < 4.78 is 44.9. The zero-order chi connectivity index (χ0) is 25.8. The highest BCUT2D eigenvalue weighted by Gasteiger charge is 2.43. The first-order valence-electron chi connectivity index (χ1n) is 11.1. The highest BCUT2D eigenvalue weighted by atomic mass is 32.1. The highest BCUT2D eigenvalue weighted by Crippen LogP contribution is 2.43. The van der Waals surface area contributed by atoms with E-state index in [1.165, 1.54) is 0 Å². The summed E-state index contributed by atoms with van der Waals surface area (Å²) >= 11 is 0.846. The van der Waals surface area contributed by atoms with Crippen molar-refractivity contribution in [1.82, 2.24) is 9.88 Å². The molecule has 2 saturated heterocycles. The Morgan fingerprint density at radius 3 is 2.37 bits per heavy atom. The molecule has 2 aliphatic heterocycles. The number of piperidine rings is 1. The molecular weight excluding hydrogens is 489 g/mol. The van der Waals surface area contributed by atoms with E-state index in [9.17, 15) is 32.9 Å². The molecule has 0 atom stereocenters. The van der Waals surface area contributed by atoms with E-state index in [4.69, 9.17) is 4.74 Å². The number of likely N-dealkylation sites (tertiary alicyclic amines) is 1. The van der Waals surface area contributed by atoms with Gasteiger partial charge in [0.1, 0.15) is 10.3 Å². The van der Waals surface area contributed by atoms with Gasteiger partial charge in [-0.2, -0.15) is 18.2 Å². The lowest BCUT2D eigenvalue weighted by Gasteiger charge is -2.39. The fourth-order valence-corrected chi connectivity index (χ4v) is 5.69. The molecule has 0 bridgehead atoms. The minimum atomic E-state index is -4.83. The third kappa shape index (κ3) is 5.19. The number of nitro groups is 1. The zero-order valence-corrected chi connectivity index (χ0v) is 20.3. The van der Waals surface area contributed by atoms with Gasteiger partial charge in [-0.25, -0.2) is 4.79 Å². The minimum absolute atomic E-state index is 0.0944. The van der Waals surface area contributed by atoms with Gasteiger partial charge in [0.25, 0.3) is 11.2 Å². The van der Waals surface area contributed by atoms with E-state index in [1.54, 1.807) is 4.90 Å². The number of aromatic nitrogens is 1. The maximum atomic E-state index is 13.2. The average Bonchev–Trinajstić information content (AvgIpc) is 3.15. The minimum Gasteiger partial charge on any atom is -0.444 e. The van der Waals surface area contributed by atoms with E-state index in [1.807, 2.05) is 25.7 Å². The Kier molecular flexibility index (Phi) is 6.18. The van der Waals surface area contributed by atoms with Crippen LogP contribution in [0.3, 0.4) is 0 Å². The van der Waals surface area contributed by atoms with E-state index in [0.29, 0.717) is 51.2 Å². The second kappa shape index (κ2) is 8.61. The first-order chi connectivity index (χ1) is 16.2. The van der Waals surface area contributed by atoms with Gasteiger partial charge >= 0.3 is 12.3 Å². The van der Waals surface area contributed by atoms with Crippen LogP contribution in [0, 0.1) is 15.5 Å². The van der Waals surface area contributed by atoms with Crippen molar-refractivity contribution in [3.8, 4) is 0 Å². The van der Waals surface area contributed by atoms with Crippen LogP contribution in [0.1, 0.15) is 45.6 Å². The molecular formula is C22H25F3N4O5S. The number of benzene rings is 1. The number of nitrogens with zero attached hydrogens (tertiary/aromatic N) is 4. The van der Waals surface area contributed by atoms with Crippen LogP contribution < -0.4 is 10.5 Å². The van der Waals surface area contributed by atoms with Crippen LogP contribution in [-0.2, 0) is 10.9 Å². The van der Waals surface area contributed by atoms with Crippen molar-refractivity contribution < 1.29 is 27.6 Å². The van der Waals surface area contributed by atoms with Crippen LogP contribution in [0.15, 0.2) is 16.9 Å². The normalized spacial score (nSPS) is 18.3. The third-order valence-electron chi connectivity index (χ3n) is 6.40. The Balaban J connectivity index is 1.55. The quantitative estimate of drug-likeness (QED) is 0.418. The van der Waals surface area contributed by atoms with E-state index < -0.39 is 38.9 Å². The number of fused-ring (bicyclic) bond motifs is 1. The van der Waals surface area contributed by atoms with Crippen molar-refractivity contribution in [3.63, 3.8) is 0 Å². The summed E-state index contributed by atoms with van der Waals surface area (Å²) in [5.41, 5.74) is -3.63. The molecule has 0 unspecified atom stereocenters. The van der Waals surface area contributed by atoms with Gasteiger partial charge < -0.3 is 14.5 Å². The summed E-state index contributed by atoms with van der Waals surface area (Å²) in [6.45, 7) is 7.59. The molecule has 2 aliphatic rings. The van der Waals surface area contributed by atoms with Gasteiger partial charge in [-0.15, -0.1) is 0 Å². The van der Waals surface area contributed by atoms with Gasteiger partial charge in [0.05, 0.1) is 15.9 Å². The van der Waals surface area contributed by atoms with E-state index in [-0.39, 0.29) is 21.3 Å².